The minimum atomic E-state index is -3.82. The summed E-state index contributed by atoms with van der Waals surface area (Å²) in [5.74, 6) is -0.181. The number of rotatable bonds is 3. The van der Waals surface area contributed by atoms with Gasteiger partial charge in [0.15, 0.2) is 9.84 Å². The Kier molecular flexibility index (Phi) is 3.97. The second kappa shape index (κ2) is 4.92. The third-order valence-corrected chi connectivity index (χ3v) is 7.51. The molecule has 0 radical (unpaired) electrons. The molecule has 0 aliphatic carbocycles. The van der Waals surface area contributed by atoms with E-state index in [1.807, 2.05) is 0 Å². The molecule has 1 aromatic heterocycles. The largest absolute Gasteiger partial charge is 0.243 e. The average Bonchev–Trinajstić information content (AvgIpc) is 2.69. The topological polar surface area (TPSA) is 80.3 Å². The fourth-order valence-corrected chi connectivity index (χ4v) is 6.88. The van der Waals surface area contributed by atoms with Crippen molar-refractivity contribution in [2.24, 2.45) is 0 Å². The standard InChI is InChI=1S/C8H9Cl2NO4S3/c9-7-3-6(8(10)16-7)18(14,15)11-5-1-2-17(12,13)4-5/h3,5,11H,1-2,4H2. The van der Waals surface area contributed by atoms with Crippen molar-refractivity contribution in [2.45, 2.75) is 17.4 Å². The van der Waals surface area contributed by atoms with Crippen LogP contribution in [0, 0.1) is 0 Å². The molecule has 1 aliphatic heterocycles. The fraction of sp³-hybridized carbons (Fsp3) is 0.500. The number of sulfone groups is 1. The molecule has 0 saturated carbocycles. The van der Waals surface area contributed by atoms with Crippen LogP contribution in [0.3, 0.4) is 0 Å². The smallest absolute Gasteiger partial charge is 0.229 e. The normalized spacial score (nSPS) is 23.3. The van der Waals surface area contributed by atoms with Crippen molar-refractivity contribution in [1.29, 1.82) is 0 Å². The summed E-state index contributed by atoms with van der Waals surface area (Å²) in [5, 5.41) is 0. The highest BCUT2D eigenvalue weighted by Crippen LogP contribution is 2.34. The molecule has 1 aliphatic rings. The SMILES string of the molecule is O=S1(=O)CCC(NS(=O)(=O)c2cc(Cl)sc2Cl)C1. The molecule has 10 heteroatoms. The van der Waals surface area contributed by atoms with Gasteiger partial charge in [0, 0.05) is 6.04 Å². The number of halogens is 2. The van der Waals surface area contributed by atoms with Gasteiger partial charge < -0.3 is 0 Å². The molecule has 2 rings (SSSR count). The molecule has 1 aromatic rings. The Morgan fingerprint density at radius 1 is 1.39 bits per heavy atom. The lowest BCUT2D eigenvalue weighted by atomic mass is 10.3. The maximum Gasteiger partial charge on any atom is 0.243 e. The number of sulfonamides is 1. The Balaban J connectivity index is 2.21. The number of hydrogen-bond acceptors (Lipinski definition) is 5. The predicted molar refractivity (Wildman–Crippen MR) is 71.7 cm³/mol. The maximum absolute atomic E-state index is 12.0. The molecule has 18 heavy (non-hydrogen) atoms. The van der Waals surface area contributed by atoms with Crippen molar-refractivity contribution < 1.29 is 16.8 Å². The van der Waals surface area contributed by atoms with E-state index in [1.54, 1.807) is 0 Å². The van der Waals surface area contributed by atoms with Gasteiger partial charge in [-0.05, 0) is 12.5 Å². The Bertz CT molecular complexity index is 665. The van der Waals surface area contributed by atoms with Crippen LogP contribution < -0.4 is 4.72 Å². The molecule has 102 valence electrons. The predicted octanol–water partition coefficient (Wildman–Crippen LogP) is 1.52. The molecular weight excluding hydrogens is 341 g/mol. The van der Waals surface area contributed by atoms with Crippen LogP contribution in [0.15, 0.2) is 11.0 Å². The first-order chi connectivity index (χ1) is 8.20. The monoisotopic (exact) mass is 349 g/mol. The highest BCUT2D eigenvalue weighted by Gasteiger charge is 2.32. The lowest BCUT2D eigenvalue weighted by Gasteiger charge is -2.10. The molecule has 0 spiro atoms. The zero-order valence-electron chi connectivity index (χ0n) is 8.89. The van der Waals surface area contributed by atoms with Crippen LogP contribution in [0.5, 0.6) is 0 Å². The molecule has 1 saturated heterocycles. The fourth-order valence-electron chi connectivity index (χ4n) is 1.68. The van der Waals surface area contributed by atoms with Crippen molar-refractivity contribution in [1.82, 2.24) is 4.72 Å². The van der Waals surface area contributed by atoms with Crippen LogP contribution in [0.1, 0.15) is 6.42 Å². The first-order valence-corrected chi connectivity index (χ1v) is 9.75. The van der Waals surface area contributed by atoms with Gasteiger partial charge in [0.2, 0.25) is 10.0 Å². The van der Waals surface area contributed by atoms with E-state index in [4.69, 9.17) is 23.2 Å². The quantitative estimate of drug-likeness (QED) is 0.896. The van der Waals surface area contributed by atoms with E-state index < -0.39 is 25.9 Å². The zero-order chi connectivity index (χ0) is 13.6. The highest BCUT2D eigenvalue weighted by atomic mass is 35.5. The summed E-state index contributed by atoms with van der Waals surface area (Å²) in [6, 6.07) is 0.648. The summed E-state index contributed by atoms with van der Waals surface area (Å²) >= 11 is 12.4. The molecule has 1 atom stereocenters. The zero-order valence-corrected chi connectivity index (χ0v) is 12.9. The average molecular weight is 350 g/mol. The Labute approximate surface area is 119 Å². The van der Waals surface area contributed by atoms with Crippen molar-refractivity contribution in [3.63, 3.8) is 0 Å². The molecular formula is C8H9Cl2NO4S3. The van der Waals surface area contributed by atoms with Crippen molar-refractivity contribution >= 4 is 54.4 Å². The summed E-state index contributed by atoms with van der Waals surface area (Å²) in [6.07, 6.45) is 0.275. The maximum atomic E-state index is 12.0. The van der Waals surface area contributed by atoms with Gasteiger partial charge in [-0.2, -0.15) is 0 Å². The van der Waals surface area contributed by atoms with Gasteiger partial charge in [-0.15, -0.1) is 11.3 Å². The summed E-state index contributed by atoms with van der Waals surface area (Å²) in [6.45, 7) is 0. The molecule has 2 heterocycles. The molecule has 1 N–H and O–H groups in total. The van der Waals surface area contributed by atoms with E-state index in [0.717, 1.165) is 11.3 Å². The molecule has 0 aromatic carbocycles. The van der Waals surface area contributed by atoms with Gasteiger partial charge in [-0.1, -0.05) is 23.2 Å². The van der Waals surface area contributed by atoms with Crippen LogP contribution in [0.2, 0.25) is 8.67 Å². The van der Waals surface area contributed by atoms with Crippen LogP contribution in [0.4, 0.5) is 0 Å². The van der Waals surface area contributed by atoms with Crippen LogP contribution in [-0.4, -0.2) is 34.4 Å². The summed E-state index contributed by atoms with van der Waals surface area (Å²) in [4.78, 5) is -0.108. The van der Waals surface area contributed by atoms with Gasteiger partial charge in [0.25, 0.3) is 0 Å². The van der Waals surface area contributed by atoms with E-state index in [1.165, 1.54) is 6.07 Å². The number of hydrogen-bond donors (Lipinski definition) is 1. The van der Waals surface area contributed by atoms with Crippen LogP contribution >= 0.6 is 34.5 Å². The van der Waals surface area contributed by atoms with Gasteiger partial charge in [0.05, 0.1) is 15.8 Å². The lowest BCUT2D eigenvalue weighted by molar-refractivity contribution is 0.563. The van der Waals surface area contributed by atoms with Crippen LogP contribution in [0.25, 0.3) is 0 Å². The molecule has 0 bridgehead atoms. The van der Waals surface area contributed by atoms with Crippen LogP contribution in [-0.2, 0) is 19.9 Å². The van der Waals surface area contributed by atoms with Crippen molar-refractivity contribution in [3.8, 4) is 0 Å². The number of nitrogens with one attached hydrogen (secondary N) is 1. The Morgan fingerprint density at radius 3 is 2.50 bits per heavy atom. The highest BCUT2D eigenvalue weighted by molar-refractivity contribution is 7.92. The van der Waals surface area contributed by atoms with Crippen molar-refractivity contribution in [2.75, 3.05) is 11.5 Å². The molecule has 1 fully saturated rings. The van der Waals surface area contributed by atoms with E-state index in [0.29, 0.717) is 0 Å². The van der Waals surface area contributed by atoms with Gasteiger partial charge in [-0.25, -0.2) is 21.6 Å². The second-order valence-electron chi connectivity index (χ2n) is 3.91. The second-order valence-corrected chi connectivity index (χ2v) is 10.1. The number of thiophene rings is 1. The summed E-state index contributed by atoms with van der Waals surface area (Å²) < 4.78 is 49.2. The third kappa shape index (κ3) is 3.17. The Hall–Kier alpha value is 0.140. The minimum absolute atomic E-state index is 0.00167. The molecule has 5 nitrogen and oxygen atoms in total. The summed E-state index contributed by atoms with van der Waals surface area (Å²) in [7, 11) is -6.96. The van der Waals surface area contributed by atoms with Gasteiger partial charge >= 0.3 is 0 Å². The molecule has 1 unspecified atom stereocenters. The summed E-state index contributed by atoms with van der Waals surface area (Å²) in [5.41, 5.74) is 0. The van der Waals surface area contributed by atoms with Crippen molar-refractivity contribution in [3.05, 3.63) is 14.7 Å². The lowest BCUT2D eigenvalue weighted by Crippen LogP contribution is -2.35. The van der Waals surface area contributed by atoms with E-state index in [-0.39, 0.29) is 31.5 Å². The first kappa shape index (κ1) is 14.5. The Morgan fingerprint density at radius 2 is 2.06 bits per heavy atom. The minimum Gasteiger partial charge on any atom is -0.229 e. The van der Waals surface area contributed by atoms with E-state index in [9.17, 15) is 16.8 Å². The van der Waals surface area contributed by atoms with E-state index >= 15 is 0 Å². The molecule has 0 amide bonds. The first-order valence-electron chi connectivity index (χ1n) is 4.87. The van der Waals surface area contributed by atoms with Gasteiger partial charge in [-0.3, -0.25) is 0 Å². The van der Waals surface area contributed by atoms with Gasteiger partial charge in [0.1, 0.15) is 9.23 Å². The third-order valence-electron chi connectivity index (χ3n) is 2.47. The van der Waals surface area contributed by atoms with E-state index in [2.05, 4.69) is 4.72 Å².